The summed E-state index contributed by atoms with van der Waals surface area (Å²) in [6, 6.07) is 1.89. The number of carbonyl (C=O) groups excluding carboxylic acids is 2. The molecule has 9 heteroatoms. The van der Waals surface area contributed by atoms with Crippen molar-refractivity contribution in [2.75, 3.05) is 46.6 Å². The standard InChI is InChI=1S/C18H26N2O6S/c1-25-11-12(22)9-19-17(24)15-8-13-14(27-15)2-7-26-18(13)3-5-20(6-4-18)16(23)10-21/h8,12,21-22H,2-7,9-11H2,1H3,(H,19,24). The molecule has 0 radical (unpaired) electrons. The number of nitrogens with one attached hydrogen (secondary N) is 1. The van der Waals surface area contributed by atoms with Gasteiger partial charge in [0.05, 0.1) is 29.8 Å². The van der Waals surface area contributed by atoms with Crippen LogP contribution in [0.25, 0.3) is 0 Å². The van der Waals surface area contributed by atoms with Gasteiger partial charge in [-0.15, -0.1) is 11.3 Å². The van der Waals surface area contributed by atoms with Crippen LogP contribution in [0.15, 0.2) is 6.07 Å². The first-order valence-electron chi connectivity index (χ1n) is 9.10. The van der Waals surface area contributed by atoms with Crippen molar-refractivity contribution in [3.8, 4) is 0 Å². The lowest BCUT2D eigenvalue weighted by Gasteiger charge is -2.43. The highest BCUT2D eigenvalue weighted by Crippen LogP contribution is 2.44. The van der Waals surface area contributed by atoms with Crippen LogP contribution < -0.4 is 5.32 Å². The van der Waals surface area contributed by atoms with Gasteiger partial charge in [-0.1, -0.05) is 0 Å². The highest BCUT2D eigenvalue weighted by atomic mass is 32.1. The van der Waals surface area contributed by atoms with E-state index < -0.39 is 18.3 Å². The molecular weight excluding hydrogens is 372 g/mol. The number of carbonyl (C=O) groups is 2. The van der Waals surface area contributed by atoms with Gasteiger partial charge >= 0.3 is 0 Å². The van der Waals surface area contributed by atoms with E-state index in [1.165, 1.54) is 18.4 Å². The second kappa shape index (κ2) is 8.66. The molecule has 0 saturated carbocycles. The quantitative estimate of drug-likeness (QED) is 0.616. The second-order valence-electron chi connectivity index (χ2n) is 6.90. The molecule has 1 fully saturated rings. The van der Waals surface area contributed by atoms with Crippen molar-refractivity contribution >= 4 is 23.2 Å². The largest absolute Gasteiger partial charge is 0.389 e. The number of aliphatic hydroxyl groups excluding tert-OH is 2. The van der Waals surface area contributed by atoms with E-state index in [9.17, 15) is 14.7 Å². The van der Waals surface area contributed by atoms with E-state index in [1.807, 2.05) is 6.07 Å². The molecule has 3 heterocycles. The monoisotopic (exact) mass is 398 g/mol. The Labute approximate surface area is 162 Å². The molecule has 8 nitrogen and oxygen atoms in total. The van der Waals surface area contributed by atoms with E-state index in [0.717, 1.165) is 16.9 Å². The first kappa shape index (κ1) is 20.2. The Bertz CT molecular complexity index is 683. The van der Waals surface area contributed by atoms with E-state index in [2.05, 4.69) is 5.32 Å². The third kappa shape index (κ3) is 4.33. The summed E-state index contributed by atoms with van der Waals surface area (Å²) >= 11 is 1.46. The van der Waals surface area contributed by atoms with Crippen LogP contribution in [0, 0.1) is 0 Å². The average Bonchev–Trinajstić information content (AvgIpc) is 3.12. The van der Waals surface area contributed by atoms with Gasteiger partial charge in [-0.25, -0.2) is 0 Å². The zero-order valence-corrected chi connectivity index (χ0v) is 16.2. The zero-order chi connectivity index (χ0) is 19.4. The Morgan fingerprint density at radius 1 is 1.44 bits per heavy atom. The third-order valence-corrected chi connectivity index (χ3v) is 6.34. The highest BCUT2D eigenvalue weighted by molar-refractivity contribution is 7.14. The highest BCUT2D eigenvalue weighted by Gasteiger charge is 2.43. The average molecular weight is 398 g/mol. The van der Waals surface area contributed by atoms with Crippen molar-refractivity contribution < 1.29 is 29.3 Å². The molecule has 2 aliphatic heterocycles. The summed E-state index contributed by atoms with van der Waals surface area (Å²) in [5, 5.41) is 21.5. The summed E-state index contributed by atoms with van der Waals surface area (Å²) in [5.41, 5.74) is 0.571. The number of hydrogen-bond acceptors (Lipinski definition) is 7. The molecule has 2 amide bonds. The maximum Gasteiger partial charge on any atom is 0.261 e. The Kier molecular flexibility index (Phi) is 6.48. The molecule has 1 aromatic heterocycles. The van der Waals surface area contributed by atoms with Gasteiger partial charge in [-0.05, 0) is 24.5 Å². The predicted octanol–water partition coefficient (Wildman–Crippen LogP) is -0.132. The number of nitrogens with zero attached hydrogens (tertiary/aromatic N) is 1. The number of rotatable bonds is 6. The van der Waals surface area contributed by atoms with Crippen molar-refractivity contribution in [3.63, 3.8) is 0 Å². The summed E-state index contributed by atoms with van der Waals surface area (Å²) in [6.45, 7) is 1.47. The molecule has 3 N–H and O–H groups in total. The smallest absolute Gasteiger partial charge is 0.261 e. The van der Waals surface area contributed by atoms with Gasteiger partial charge in [-0.2, -0.15) is 0 Å². The zero-order valence-electron chi connectivity index (χ0n) is 15.4. The molecule has 0 bridgehead atoms. The van der Waals surface area contributed by atoms with Crippen molar-refractivity contribution in [2.45, 2.75) is 31.0 Å². The summed E-state index contributed by atoms with van der Waals surface area (Å²) < 4.78 is 11.0. The number of piperidine rings is 1. The number of aliphatic hydroxyl groups is 2. The maximum atomic E-state index is 12.4. The fraction of sp³-hybridized carbons (Fsp3) is 0.667. The molecule has 1 aromatic rings. The predicted molar refractivity (Wildman–Crippen MR) is 98.8 cm³/mol. The van der Waals surface area contributed by atoms with Crippen molar-refractivity contribution in [1.29, 1.82) is 0 Å². The lowest BCUT2D eigenvalue weighted by molar-refractivity contribution is -0.143. The molecule has 3 rings (SSSR count). The topological polar surface area (TPSA) is 108 Å². The van der Waals surface area contributed by atoms with Gasteiger partial charge in [0.25, 0.3) is 5.91 Å². The first-order chi connectivity index (χ1) is 13.0. The Hall–Kier alpha value is -1.52. The first-order valence-corrected chi connectivity index (χ1v) is 9.91. The minimum atomic E-state index is -0.739. The van der Waals surface area contributed by atoms with E-state index in [-0.39, 0.29) is 25.0 Å². The van der Waals surface area contributed by atoms with Crippen molar-refractivity contribution in [3.05, 3.63) is 21.4 Å². The van der Waals surface area contributed by atoms with Crippen molar-refractivity contribution in [1.82, 2.24) is 10.2 Å². The minimum absolute atomic E-state index is 0.134. The number of thiophene rings is 1. The minimum Gasteiger partial charge on any atom is -0.389 e. The van der Waals surface area contributed by atoms with Crippen molar-refractivity contribution in [2.24, 2.45) is 0 Å². The van der Waals surface area contributed by atoms with Gasteiger partial charge in [-0.3, -0.25) is 9.59 Å². The molecule has 1 atom stereocenters. The van der Waals surface area contributed by atoms with Gasteiger partial charge in [0.1, 0.15) is 6.61 Å². The Morgan fingerprint density at radius 3 is 2.85 bits per heavy atom. The molecule has 1 unspecified atom stereocenters. The van der Waals surface area contributed by atoms with E-state index in [0.29, 0.717) is 37.4 Å². The van der Waals surface area contributed by atoms with Gasteiger partial charge in [0, 0.05) is 38.0 Å². The number of likely N-dealkylation sites (tertiary alicyclic amines) is 1. The number of methoxy groups -OCH3 is 1. The molecule has 1 spiro atoms. The summed E-state index contributed by atoms with van der Waals surface area (Å²) in [5.74, 6) is -0.478. The van der Waals surface area contributed by atoms with Crippen LogP contribution in [0.4, 0.5) is 0 Å². The normalized spacial score (nSPS) is 19.6. The maximum absolute atomic E-state index is 12.4. The fourth-order valence-corrected chi connectivity index (χ4v) is 4.86. The second-order valence-corrected chi connectivity index (χ2v) is 8.04. The molecule has 1 saturated heterocycles. The summed E-state index contributed by atoms with van der Waals surface area (Å²) in [7, 11) is 1.50. The molecule has 0 aliphatic carbocycles. The number of hydrogen-bond donors (Lipinski definition) is 3. The summed E-state index contributed by atoms with van der Waals surface area (Å²) in [6.07, 6.45) is 1.32. The lowest BCUT2D eigenvalue weighted by atomic mass is 9.82. The van der Waals surface area contributed by atoms with Gasteiger partial charge in [0.2, 0.25) is 5.91 Å². The Morgan fingerprint density at radius 2 is 2.19 bits per heavy atom. The number of amides is 2. The van der Waals surface area contributed by atoms with Crippen LogP contribution in [-0.4, -0.2) is 79.6 Å². The van der Waals surface area contributed by atoms with Crippen LogP contribution in [0.5, 0.6) is 0 Å². The lowest BCUT2D eigenvalue weighted by Crippen LogP contribution is -2.48. The molecule has 0 aromatic carbocycles. The molecule has 27 heavy (non-hydrogen) atoms. The molecular formula is C18H26N2O6S. The third-order valence-electron chi connectivity index (χ3n) is 5.15. The van der Waals surface area contributed by atoms with Crippen LogP contribution in [0.1, 0.15) is 33.0 Å². The number of ether oxygens (including phenoxy) is 2. The Balaban J connectivity index is 1.70. The SMILES string of the molecule is COCC(O)CNC(=O)c1cc2c(s1)CCOC21CCN(C(=O)CO)CC1. The molecule has 150 valence electrons. The number of fused-ring (bicyclic) bond motifs is 2. The van der Waals surface area contributed by atoms with E-state index in [1.54, 1.807) is 4.90 Å². The van der Waals surface area contributed by atoms with E-state index in [4.69, 9.17) is 14.6 Å². The van der Waals surface area contributed by atoms with Crippen LogP contribution in [-0.2, 0) is 26.3 Å². The fourth-order valence-electron chi connectivity index (χ4n) is 3.71. The molecule has 2 aliphatic rings. The van der Waals surface area contributed by atoms with E-state index >= 15 is 0 Å². The van der Waals surface area contributed by atoms with Gasteiger partial charge in [0.15, 0.2) is 0 Å². The van der Waals surface area contributed by atoms with Gasteiger partial charge < -0.3 is 29.9 Å². The van der Waals surface area contributed by atoms with Crippen LogP contribution >= 0.6 is 11.3 Å². The van der Waals surface area contributed by atoms with Crippen LogP contribution in [0.2, 0.25) is 0 Å². The van der Waals surface area contributed by atoms with Crippen LogP contribution in [0.3, 0.4) is 0 Å². The summed E-state index contributed by atoms with van der Waals surface area (Å²) in [4.78, 5) is 27.6.